The first-order chi connectivity index (χ1) is 13.1. The Morgan fingerprint density at radius 2 is 1.70 bits per heavy atom. The SMILES string of the molecule is CCCCCCC(C)OC(=O)/C=C/C(=O)OCc1ccc2ccccc2c1. The number of carbonyl (C=O) groups excluding carboxylic acids is 2. The van der Waals surface area contributed by atoms with Gasteiger partial charge in [-0.05, 0) is 42.2 Å². The molecule has 0 aliphatic carbocycles. The smallest absolute Gasteiger partial charge is 0.331 e. The lowest BCUT2D eigenvalue weighted by Crippen LogP contribution is -2.13. The largest absolute Gasteiger partial charge is 0.460 e. The van der Waals surface area contributed by atoms with Crippen molar-refractivity contribution in [3.8, 4) is 0 Å². The minimum absolute atomic E-state index is 0.146. The van der Waals surface area contributed by atoms with Crippen LogP contribution in [0.1, 0.15) is 51.5 Å². The van der Waals surface area contributed by atoms with Gasteiger partial charge < -0.3 is 9.47 Å². The standard InChI is InChI=1S/C23H28O4/c1-3-4-5-6-9-18(2)27-23(25)15-14-22(24)26-17-19-12-13-20-10-7-8-11-21(20)16-19/h7-8,10-16,18H,3-6,9,17H2,1-2H3/b15-14+. The second-order valence-corrected chi connectivity index (χ2v) is 6.72. The Hall–Kier alpha value is -2.62. The van der Waals surface area contributed by atoms with E-state index in [2.05, 4.69) is 6.92 Å². The summed E-state index contributed by atoms with van der Waals surface area (Å²) in [5, 5.41) is 2.23. The van der Waals surface area contributed by atoms with Crippen LogP contribution >= 0.6 is 0 Å². The first kappa shape index (κ1) is 20.7. The lowest BCUT2D eigenvalue weighted by atomic mass is 10.1. The molecule has 0 fully saturated rings. The number of esters is 2. The van der Waals surface area contributed by atoms with Crippen molar-refractivity contribution in [1.82, 2.24) is 0 Å². The fourth-order valence-corrected chi connectivity index (χ4v) is 2.82. The van der Waals surface area contributed by atoms with Crippen molar-refractivity contribution in [1.29, 1.82) is 0 Å². The predicted octanol–water partition coefficient (Wildman–Crippen LogP) is 5.34. The van der Waals surface area contributed by atoms with Gasteiger partial charge in [0, 0.05) is 12.2 Å². The summed E-state index contributed by atoms with van der Waals surface area (Å²) in [5.74, 6) is -1.07. The number of hydrogen-bond acceptors (Lipinski definition) is 4. The van der Waals surface area contributed by atoms with Gasteiger partial charge in [0.2, 0.25) is 0 Å². The molecule has 2 aromatic rings. The van der Waals surface area contributed by atoms with Gasteiger partial charge in [0.05, 0.1) is 6.10 Å². The van der Waals surface area contributed by atoms with Crippen molar-refractivity contribution in [2.24, 2.45) is 0 Å². The van der Waals surface area contributed by atoms with Crippen LogP contribution in [0.4, 0.5) is 0 Å². The molecule has 0 aliphatic rings. The van der Waals surface area contributed by atoms with E-state index in [1.165, 1.54) is 12.8 Å². The maximum absolute atomic E-state index is 11.8. The molecular formula is C23H28O4. The average molecular weight is 368 g/mol. The summed E-state index contributed by atoms with van der Waals surface area (Å²) in [6, 6.07) is 13.9. The number of carbonyl (C=O) groups is 2. The summed E-state index contributed by atoms with van der Waals surface area (Å²) < 4.78 is 10.4. The van der Waals surface area contributed by atoms with Crippen molar-refractivity contribution in [3.05, 3.63) is 60.2 Å². The summed E-state index contributed by atoms with van der Waals surface area (Å²) in [7, 11) is 0. The molecular weight excluding hydrogens is 340 g/mol. The fourth-order valence-electron chi connectivity index (χ4n) is 2.82. The number of hydrogen-bond donors (Lipinski definition) is 0. The molecule has 0 saturated carbocycles. The lowest BCUT2D eigenvalue weighted by molar-refractivity contribution is -0.144. The topological polar surface area (TPSA) is 52.6 Å². The average Bonchev–Trinajstić information content (AvgIpc) is 2.68. The molecule has 0 bridgehead atoms. The van der Waals surface area contributed by atoms with Gasteiger partial charge in [0.25, 0.3) is 0 Å². The molecule has 0 aromatic heterocycles. The van der Waals surface area contributed by atoms with Gasteiger partial charge >= 0.3 is 11.9 Å². The van der Waals surface area contributed by atoms with E-state index in [0.29, 0.717) is 0 Å². The normalized spacial score (nSPS) is 12.2. The van der Waals surface area contributed by atoms with Crippen LogP contribution in [-0.4, -0.2) is 18.0 Å². The molecule has 2 aromatic carbocycles. The van der Waals surface area contributed by atoms with Crippen LogP contribution in [0.3, 0.4) is 0 Å². The zero-order valence-corrected chi connectivity index (χ0v) is 16.1. The summed E-state index contributed by atoms with van der Waals surface area (Å²) in [4.78, 5) is 23.5. The van der Waals surface area contributed by atoms with Gasteiger partial charge in [-0.2, -0.15) is 0 Å². The number of rotatable bonds is 10. The first-order valence-corrected chi connectivity index (χ1v) is 9.61. The van der Waals surface area contributed by atoms with E-state index in [0.717, 1.165) is 47.8 Å². The minimum atomic E-state index is -0.560. The highest BCUT2D eigenvalue weighted by molar-refractivity contribution is 5.91. The summed E-state index contributed by atoms with van der Waals surface area (Å²) in [6.45, 7) is 4.19. The van der Waals surface area contributed by atoms with E-state index < -0.39 is 11.9 Å². The van der Waals surface area contributed by atoms with Crippen molar-refractivity contribution in [3.63, 3.8) is 0 Å². The molecule has 0 spiro atoms. The highest BCUT2D eigenvalue weighted by Gasteiger charge is 2.07. The second-order valence-electron chi connectivity index (χ2n) is 6.72. The molecule has 1 atom stereocenters. The van der Waals surface area contributed by atoms with Crippen molar-refractivity contribution < 1.29 is 19.1 Å². The van der Waals surface area contributed by atoms with Crippen LogP contribution in [0.5, 0.6) is 0 Å². The van der Waals surface area contributed by atoms with Crippen LogP contribution in [0.25, 0.3) is 10.8 Å². The summed E-state index contributed by atoms with van der Waals surface area (Å²) >= 11 is 0. The van der Waals surface area contributed by atoms with Gasteiger partial charge in [-0.25, -0.2) is 9.59 Å². The molecule has 1 unspecified atom stereocenters. The molecule has 0 radical (unpaired) electrons. The second kappa shape index (κ2) is 11.2. The molecule has 4 heteroatoms. The molecule has 0 aliphatic heterocycles. The van der Waals surface area contributed by atoms with E-state index in [1.54, 1.807) is 0 Å². The molecule has 0 amide bonds. The summed E-state index contributed by atoms with van der Waals surface area (Å²) in [6.07, 6.45) is 7.51. The maximum atomic E-state index is 11.8. The number of unbranched alkanes of at least 4 members (excludes halogenated alkanes) is 3. The zero-order chi connectivity index (χ0) is 19.5. The molecule has 4 nitrogen and oxygen atoms in total. The van der Waals surface area contributed by atoms with Crippen LogP contribution in [-0.2, 0) is 25.7 Å². The van der Waals surface area contributed by atoms with Crippen molar-refractivity contribution in [2.75, 3.05) is 0 Å². The molecule has 2 rings (SSSR count). The van der Waals surface area contributed by atoms with Crippen molar-refractivity contribution >= 4 is 22.7 Å². The molecule has 144 valence electrons. The van der Waals surface area contributed by atoms with E-state index >= 15 is 0 Å². The minimum Gasteiger partial charge on any atom is -0.460 e. The molecule has 27 heavy (non-hydrogen) atoms. The Kier molecular flexibility index (Phi) is 8.56. The van der Waals surface area contributed by atoms with Crippen LogP contribution in [0.15, 0.2) is 54.6 Å². The van der Waals surface area contributed by atoms with Gasteiger partial charge in [0.15, 0.2) is 0 Å². The predicted molar refractivity (Wildman–Crippen MR) is 107 cm³/mol. The van der Waals surface area contributed by atoms with E-state index in [9.17, 15) is 9.59 Å². The Morgan fingerprint density at radius 3 is 2.48 bits per heavy atom. The third kappa shape index (κ3) is 7.65. The zero-order valence-electron chi connectivity index (χ0n) is 16.1. The number of benzene rings is 2. The lowest BCUT2D eigenvalue weighted by Gasteiger charge is -2.11. The molecule has 0 saturated heterocycles. The molecule has 0 N–H and O–H groups in total. The van der Waals surface area contributed by atoms with Crippen LogP contribution in [0.2, 0.25) is 0 Å². The van der Waals surface area contributed by atoms with E-state index in [-0.39, 0.29) is 12.7 Å². The Morgan fingerprint density at radius 1 is 0.963 bits per heavy atom. The van der Waals surface area contributed by atoms with Crippen LogP contribution in [0, 0.1) is 0 Å². The quantitative estimate of drug-likeness (QED) is 0.323. The third-order valence-electron chi connectivity index (χ3n) is 4.33. The monoisotopic (exact) mass is 368 g/mol. The maximum Gasteiger partial charge on any atom is 0.331 e. The first-order valence-electron chi connectivity index (χ1n) is 9.61. The van der Waals surface area contributed by atoms with Crippen molar-refractivity contribution in [2.45, 2.75) is 58.7 Å². The number of fused-ring (bicyclic) bond motifs is 1. The van der Waals surface area contributed by atoms with Gasteiger partial charge in [0.1, 0.15) is 6.61 Å². The van der Waals surface area contributed by atoms with Gasteiger partial charge in [-0.15, -0.1) is 0 Å². The highest BCUT2D eigenvalue weighted by Crippen LogP contribution is 2.16. The highest BCUT2D eigenvalue weighted by atomic mass is 16.5. The van der Waals surface area contributed by atoms with Crippen LogP contribution < -0.4 is 0 Å². The molecule has 0 heterocycles. The Balaban J connectivity index is 1.72. The van der Waals surface area contributed by atoms with E-state index in [1.807, 2.05) is 49.4 Å². The number of ether oxygens (including phenoxy) is 2. The summed E-state index contributed by atoms with van der Waals surface area (Å²) in [5.41, 5.74) is 0.902. The van der Waals surface area contributed by atoms with Gasteiger partial charge in [-0.3, -0.25) is 0 Å². The Labute approximate surface area is 161 Å². The van der Waals surface area contributed by atoms with Gasteiger partial charge in [-0.1, -0.05) is 62.6 Å². The van der Waals surface area contributed by atoms with E-state index in [4.69, 9.17) is 9.47 Å². The Bertz CT molecular complexity index is 779. The fraction of sp³-hybridized carbons (Fsp3) is 0.391. The third-order valence-corrected chi connectivity index (χ3v) is 4.33.